The summed E-state index contributed by atoms with van der Waals surface area (Å²) in [5.41, 5.74) is 1.00. The summed E-state index contributed by atoms with van der Waals surface area (Å²) < 4.78 is 0. The second kappa shape index (κ2) is 5.77. The van der Waals surface area contributed by atoms with Gasteiger partial charge in [-0.2, -0.15) is 0 Å². The number of likely N-dealkylation sites (N-methyl/N-ethyl adjacent to an activating group) is 1. The van der Waals surface area contributed by atoms with Crippen LogP contribution in [0.2, 0.25) is 0 Å². The molecule has 0 aliphatic heterocycles. The minimum absolute atomic E-state index is 0.00199. The first-order valence-electron chi connectivity index (χ1n) is 4.67. The highest BCUT2D eigenvalue weighted by Crippen LogP contribution is 2.10. The number of hydrogen-bond acceptors (Lipinski definition) is 3. The van der Waals surface area contributed by atoms with Crippen LogP contribution >= 0.6 is 0 Å². The Bertz CT molecular complexity index is 427. The van der Waals surface area contributed by atoms with Crippen molar-refractivity contribution in [2.24, 2.45) is 4.99 Å². The highest BCUT2D eigenvalue weighted by Gasteiger charge is 2.15. The fourth-order valence-electron chi connectivity index (χ4n) is 1.31. The molecule has 16 heavy (non-hydrogen) atoms. The summed E-state index contributed by atoms with van der Waals surface area (Å²) in [7, 11) is 1.45. The third kappa shape index (κ3) is 2.52. The second-order valence-corrected chi connectivity index (χ2v) is 2.98. The Morgan fingerprint density at radius 1 is 1.50 bits per heavy atom. The highest BCUT2D eigenvalue weighted by molar-refractivity contribution is 6.46. The number of amides is 2. The molecule has 0 aliphatic rings. The molecule has 2 amide bonds. The second-order valence-electron chi connectivity index (χ2n) is 2.98. The summed E-state index contributed by atoms with van der Waals surface area (Å²) in [6, 6.07) is 6.73. The maximum Gasteiger partial charge on any atom is 0.270 e. The molecule has 0 bridgehead atoms. The lowest BCUT2D eigenvalue weighted by atomic mass is 10.0. The maximum absolute atomic E-state index is 11.5. The van der Waals surface area contributed by atoms with Gasteiger partial charge in [0.15, 0.2) is 0 Å². The number of aliphatic imine (C=N–C) groups is 1. The van der Waals surface area contributed by atoms with E-state index < -0.39 is 5.91 Å². The molecule has 1 aromatic rings. The van der Waals surface area contributed by atoms with E-state index >= 15 is 0 Å². The van der Waals surface area contributed by atoms with Gasteiger partial charge < -0.3 is 10.4 Å². The van der Waals surface area contributed by atoms with Crippen LogP contribution in [0.1, 0.15) is 11.1 Å². The van der Waals surface area contributed by atoms with Crippen molar-refractivity contribution in [1.29, 1.82) is 0 Å². The Balaban J connectivity index is 3.26. The maximum atomic E-state index is 11.5. The van der Waals surface area contributed by atoms with Crippen LogP contribution in [-0.2, 0) is 16.2 Å². The van der Waals surface area contributed by atoms with Gasteiger partial charge in [-0.1, -0.05) is 24.3 Å². The van der Waals surface area contributed by atoms with Gasteiger partial charge in [-0.15, -0.1) is 0 Å². The first-order chi connectivity index (χ1) is 7.74. The average Bonchev–Trinajstić information content (AvgIpc) is 2.35. The van der Waals surface area contributed by atoms with Gasteiger partial charge in [0.05, 0.1) is 6.61 Å². The van der Waals surface area contributed by atoms with Gasteiger partial charge >= 0.3 is 0 Å². The highest BCUT2D eigenvalue weighted by atomic mass is 16.3. The van der Waals surface area contributed by atoms with Crippen molar-refractivity contribution in [2.45, 2.75) is 6.61 Å². The van der Waals surface area contributed by atoms with E-state index in [1.165, 1.54) is 7.05 Å². The van der Waals surface area contributed by atoms with Gasteiger partial charge in [0, 0.05) is 12.6 Å². The van der Waals surface area contributed by atoms with Crippen LogP contribution < -0.4 is 5.32 Å². The van der Waals surface area contributed by atoms with Crippen molar-refractivity contribution >= 4 is 18.0 Å². The molecule has 0 fully saturated rings. The minimum Gasteiger partial charge on any atom is -0.392 e. The third-order valence-corrected chi connectivity index (χ3v) is 2.07. The van der Waals surface area contributed by atoms with Gasteiger partial charge in [-0.3, -0.25) is 9.59 Å². The normalized spacial score (nSPS) is 11.0. The molecule has 0 saturated carbocycles. The molecule has 0 saturated heterocycles. The zero-order valence-corrected chi connectivity index (χ0v) is 8.80. The van der Waals surface area contributed by atoms with Crippen LogP contribution in [0.15, 0.2) is 29.3 Å². The van der Waals surface area contributed by atoms with Crippen LogP contribution in [0, 0.1) is 0 Å². The Kier molecular flexibility index (Phi) is 4.35. The van der Waals surface area contributed by atoms with Crippen molar-refractivity contribution in [1.82, 2.24) is 5.32 Å². The molecule has 0 spiro atoms. The first-order valence-corrected chi connectivity index (χ1v) is 4.67. The summed E-state index contributed by atoms with van der Waals surface area (Å²) in [5, 5.41) is 11.5. The standard InChI is InChI=1S/C11H12N2O3/c1-12-11(16)10(13-7-15)9-5-3-2-4-8(9)6-14/h2-5,7,14H,6H2,1H3,(H,12,16). The number of aliphatic hydroxyl groups excluding tert-OH is 1. The van der Waals surface area contributed by atoms with Crippen molar-refractivity contribution < 1.29 is 14.7 Å². The third-order valence-electron chi connectivity index (χ3n) is 2.07. The van der Waals surface area contributed by atoms with E-state index in [4.69, 9.17) is 5.11 Å². The minimum atomic E-state index is -0.465. The van der Waals surface area contributed by atoms with Gasteiger partial charge in [0.2, 0.25) is 6.41 Å². The van der Waals surface area contributed by atoms with E-state index in [0.717, 1.165) is 0 Å². The SMILES string of the molecule is CNC(=O)C(=NC=O)c1ccccc1CO. The molecule has 0 atom stereocenters. The number of nitrogens with zero attached hydrogens (tertiary/aromatic N) is 1. The molecule has 1 rings (SSSR count). The van der Waals surface area contributed by atoms with E-state index in [9.17, 15) is 9.59 Å². The van der Waals surface area contributed by atoms with Crippen molar-refractivity contribution in [2.75, 3.05) is 7.05 Å². The zero-order chi connectivity index (χ0) is 12.0. The number of benzene rings is 1. The van der Waals surface area contributed by atoms with Crippen molar-refractivity contribution in [3.63, 3.8) is 0 Å². The zero-order valence-electron chi connectivity index (χ0n) is 8.80. The van der Waals surface area contributed by atoms with Crippen molar-refractivity contribution in [3.8, 4) is 0 Å². The fraction of sp³-hybridized carbons (Fsp3) is 0.182. The lowest BCUT2D eigenvalue weighted by molar-refractivity contribution is -0.114. The Hall–Kier alpha value is -2.01. The van der Waals surface area contributed by atoms with E-state index in [0.29, 0.717) is 17.5 Å². The van der Waals surface area contributed by atoms with Crippen LogP contribution in [0.5, 0.6) is 0 Å². The molecular weight excluding hydrogens is 208 g/mol. The van der Waals surface area contributed by atoms with Crippen molar-refractivity contribution in [3.05, 3.63) is 35.4 Å². The topological polar surface area (TPSA) is 78.8 Å². The Morgan fingerprint density at radius 3 is 2.75 bits per heavy atom. The van der Waals surface area contributed by atoms with Crippen LogP contribution in [-0.4, -0.2) is 30.2 Å². The molecular formula is C11H12N2O3. The smallest absolute Gasteiger partial charge is 0.270 e. The number of hydrogen-bond donors (Lipinski definition) is 2. The molecule has 0 heterocycles. The molecule has 0 aromatic heterocycles. The number of carbonyl (C=O) groups is 2. The molecule has 0 radical (unpaired) electrons. The van der Waals surface area contributed by atoms with Crippen LogP contribution in [0.25, 0.3) is 0 Å². The van der Waals surface area contributed by atoms with Crippen LogP contribution in [0.3, 0.4) is 0 Å². The van der Waals surface area contributed by atoms with Gasteiger partial charge in [-0.05, 0) is 5.56 Å². The van der Waals surface area contributed by atoms with E-state index in [1.807, 2.05) is 0 Å². The monoisotopic (exact) mass is 220 g/mol. The molecule has 5 nitrogen and oxygen atoms in total. The predicted molar refractivity (Wildman–Crippen MR) is 59.0 cm³/mol. The summed E-state index contributed by atoms with van der Waals surface area (Å²) in [4.78, 5) is 25.4. The fourth-order valence-corrected chi connectivity index (χ4v) is 1.31. The predicted octanol–water partition coefficient (Wildman–Crippen LogP) is -0.130. The van der Waals surface area contributed by atoms with E-state index in [1.54, 1.807) is 24.3 Å². The number of rotatable bonds is 4. The van der Waals surface area contributed by atoms with Gasteiger partial charge in [0.25, 0.3) is 5.91 Å². The van der Waals surface area contributed by atoms with Gasteiger partial charge in [0.1, 0.15) is 5.71 Å². The Morgan fingerprint density at radius 2 is 2.19 bits per heavy atom. The molecule has 0 aliphatic carbocycles. The summed E-state index contributed by atoms with van der Waals surface area (Å²) >= 11 is 0. The number of carbonyl (C=O) groups excluding carboxylic acids is 2. The quantitative estimate of drug-likeness (QED) is 0.548. The molecule has 2 N–H and O–H groups in total. The summed E-state index contributed by atoms with van der Waals surface area (Å²) in [5.74, 6) is -0.465. The summed E-state index contributed by atoms with van der Waals surface area (Å²) in [6.07, 6.45) is 0.304. The van der Waals surface area contributed by atoms with Crippen LogP contribution in [0.4, 0.5) is 0 Å². The molecule has 5 heteroatoms. The largest absolute Gasteiger partial charge is 0.392 e. The van der Waals surface area contributed by atoms with Gasteiger partial charge in [-0.25, -0.2) is 4.99 Å². The molecule has 0 unspecified atom stereocenters. The molecule has 84 valence electrons. The first kappa shape index (κ1) is 12.1. The number of aliphatic hydroxyl groups is 1. The van der Waals surface area contributed by atoms with E-state index in [-0.39, 0.29) is 12.3 Å². The average molecular weight is 220 g/mol. The lowest BCUT2D eigenvalue weighted by Gasteiger charge is -2.08. The summed E-state index contributed by atoms with van der Waals surface area (Å²) in [6.45, 7) is -0.217. The lowest BCUT2D eigenvalue weighted by Crippen LogP contribution is -2.29. The van der Waals surface area contributed by atoms with E-state index in [2.05, 4.69) is 10.3 Å². The number of nitrogens with one attached hydrogen (secondary N) is 1. The molecule has 1 aromatic carbocycles. The Labute approximate surface area is 92.8 Å².